The molecule has 0 amide bonds. The Labute approximate surface area is 161 Å². The number of anilines is 1. The van der Waals surface area contributed by atoms with Gasteiger partial charge in [-0.3, -0.25) is 10.1 Å². The van der Waals surface area contributed by atoms with E-state index in [0.717, 1.165) is 35.3 Å². The fourth-order valence-corrected chi connectivity index (χ4v) is 4.74. The SMILES string of the molecule is COc1ccc(N2CC(O)(c3ccc([N+](=O)[O-])cc3)[N+]3=C2SCCC3)cc1. The number of ether oxygens (including phenoxy) is 1. The molecule has 1 N–H and O–H groups in total. The molecule has 0 fully saturated rings. The Balaban J connectivity index is 1.73. The van der Waals surface area contributed by atoms with Gasteiger partial charge in [0.15, 0.2) is 6.54 Å². The van der Waals surface area contributed by atoms with Crippen LogP contribution in [0, 0.1) is 10.1 Å². The number of benzene rings is 2. The monoisotopic (exact) mass is 386 g/mol. The zero-order valence-electron chi connectivity index (χ0n) is 14.9. The number of non-ortho nitro benzene ring substituents is 1. The van der Waals surface area contributed by atoms with Crippen LogP contribution >= 0.6 is 11.8 Å². The van der Waals surface area contributed by atoms with Crippen molar-refractivity contribution in [2.75, 3.05) is 30.9 Å². The summed E-state index contributed by atoms with van der Waals surface area (Å²) in [6.45, 7) is 1.10. The molecule has 2 aromatic carbocycles. The van der Waals surface area contributed by atoms with Crippen molar-refractivity contribution in [2.45, 2.75) is 12.1 Å². The van der Waals surface area contributed by atoms with E-state index in [1.54, 1.807) is 31.0 Å². The number of nitrogens with zero attached hydrogens (tertiary/aromatic N) is 3. The summed E-state index contributed by atoms with van der Waals surface area (Å²) in [5.41, 5.74) is 0.425. The highest BCUT2D eigenvalue weighted by Gasteiger charge is 2.53. The minimum Gasteiger partial charge on any atom is -0.497 e. The highest BCUT2D eigenvalue weighted by Crippen LogP contribution is 2.38. The summed E-state index contributed by atoms with van der Waals surface area (Å²) in [5, 5.41) is 23.5. The van der Waals surface area contributed by atoms with Crippen LogP contribution in [0.5, 0.6) is 5.75 Å². The molecule has 2 aromatic rings. The molecule has 2 heterocycles. The molecule has 2 aliphatic heterocycles. The number of nitro benzene ring substituents is 1. The number of thioether (sulfide) groups is 1. The zero-order valence-corrected chi connectivity index (χ0v) is 15.7. The van der Waals surface area contributed by atoms with Crippen LogP contribution in [0.15, 0.2) is 48.5 Å². The summed E-state index contributed by atoms with van der Waals surface area (Å²) >= 11 is 1.72. The van der Waals surface area contributed by atoms with E-state index in [1.807, 2.05) is 28.8 Å². The maximum absolute atomic E-state index is 11.6. The quantitative estimate of drug-likeness (QED) is 0.495. The van der Waals surface area contributed by atoms with Crippen molar-refractivity contribution in [2.24, 2.45) is 0 Å². The number of aliphatic hydroxyl groups is 1. The van der Waals surface area contributed by atoms with E-state index in [-0.39, 0.29) is 5.69 Å². The van der Waals surface area contributed by atoms with E-state index in [9.17, 15) is 15.2 Å². The van der Waals surface area contributed by atoms with E-state index in [2.05, 4.69) is 4.90 Å². The summed E-state index contributed by atoms with van der Waals surface area (Å²) in [5.74, 6) is 1.77. The van der Waals surface area contributed by atoms with E-state index < -0.39 is 10.6 Å². The summed E-state index contributed by atoms with van der Waals surface area (Å²) in [7, 11) is 1.63. The standard InChI is InChI=1S/C19H20N3O4S/c1-26-17-9-7-15(8-10-17)20-13-19(23,21-11-2-12-27-18(20)21)14-3-5-16(6-4-14)22(24)25/h3-10,23H,2,11-13H2,1H3/q+1. The van der Waals surface area contributed by atoms with Gasteiger partial charge in [0.25, 0.3) is 11.4 Å². The largest absolute Gasteiger partial charge is 0.497 e. The molecular formula is C19H20N3O4S+. The molecule has 0 aliphatic carbocycles. The number of hydrogen-bond acceptors (Lipinski definition) is 6. The predicted octanol–water partition coefficient (Wildman–Crippen LogP) is 2.77. The molecule has 140 valence electrons. The van der Waals surface area contributed by atoms with Crippen molar-refractivity contribution in [1.29, 1.82) is 0 Å². The maximum atomic E-state index is 11.6. The van der Waals surface area contributed by atoms with Gasteiger partial charge >= 0.3 is 5.17 Å². The first-order valence-corrected chi connectivity index (χ1v) is 9.68. The van der Waals surface area contributed by atoms with Gasteiger partial charge < -0.3 is 9.84 Å². The van der Waals surface area contributed by atoms with Gasteiger partial charge in [-0.25, -0.2) is 9.48 Å². The molecule has 1 unspecified atom stereocenters. The van der Waals surface area contributed by atoms with Gasteiger partial charge in [-0.2, -0.15) is 0 Å². The molecular weight excluding hydrogens is 366 g/mol. The number of nitro groups is 1. The van der Waals surface area contributed by atoms with Crippen LogP contribution < -0.4 is 9.64 Å². The van der Waals surface area contributed by atoms with Crippen LogP contribution in [0.3, 0.4) is 0 Å². The topological polar surface area (TPSA) is 78.9 Å². The van der Waals surface area contributed by atoms with E-state index in [1.165, 1.54) is 12.1 Å². The van der Waals surface area contributed by atoms with Crippen LogP contribution in [-0.2, 0) is 5.72 Å². The molecule has 0 saturated carbocycles. The molecule has 0 spiro atoms. The van der Waals surface area contributed by atoms with Crippen molar-refractivity contribution in [3.8, 4) is 5.75 Å². The number of methoxy groups -OCH3 is 1. The third-order valence-corrected chi connectivity index (χ3v) is 6.16. The molecule has 0 saturated heterocycles. The molecule has 0 aromatic heterocycles. The molecule has 0 radical (unpaired) electrons. The smallest absolute Gasteiger partial charge is 0.316 e. The summed E-state index contributed by atoms with van der Waals surface area (Å²) in [6, 6.07) is 13.9. The van der Waals surface area contributed by atoms with Crippen molar-refractivity contribution in [1.82, 2.24) is 0 Å². The van der Waals surface area contributed by atoms with Crippen LogP contribution in [0.25, 0.3) is 0 Å². The Bertz CT molecular complexity index is 898. The summed E-state index contributed by atoms with van der Waals surface area (Å²) in [6.07, 6.45) is 0.972. The Morgan fingerprint density at radius 1 is 1.22 bits per heavy atom. The van der Waals surface area contributed by atoms with Gasteiger partial charge in [0.2, 0.25) is 0 Å². The lowest BCUT2D eigenvalue weighted by Crippen LogP contribution is -2.41. The second-order valence-corrected chi connectivity index (χ2v) is 7.60. The van der Waals surface area contributed by atoms with Gasteiger partial charge in [0, 0.05) is 23.4 Å². The summed E-state index contributed by atoms with van der Waals surface area (Å²) < 4.78 is 7.24. The molecule has 2 aliphatic rings. The third kappa shape index (κ3) is 3.04. The molecule has 4 rings (SSSR count). The lowest BCUT2D eigenvalue weighted by molar-refractivity contribution is -0.656. The predicted molar refractivity (Wildman–Crippen MR) is 105 cm³/mol. The van der Waals surface area contributed by atoms with Crippen molar-refractivity contribution in [3.05, 3.63) is 64.2 Å². The Morgan fingerprint density at radius 2 is 1.93 bits per heavy atom. The zero-order chi connectivity index (χ0) is 19.0. The second kappa shape index (κ2) is 6.86. The van der Waals surface area contributed by atoms with Gasteiger partial charge in [0.05, 0.1) is 18.6 Å². The number of rotatable bonds is 4. The van der Waals surface area contributed by atoms with Gasteiger partial charge in [-0.15, -0.1) is 0 Å². The Morgan fingerprint density at radius 3 is 2.56 bits per heavy atom. The molecule has 0 bridgehead atoms. The normalized spacial score (nSPS) is 21.9. The third-order valence-electron chi connectivity index (χ3n) is 4.97. The average molecular weight is 386 g/mol. The maximum Gasteiger partial charge on any atom is 0.316 e. The van der Waals surface area contributed by atoms with Gasteiger partial charge in [0.1, 0.15) is 11.4 Å². The fourth-order valence-electron chi connectivity index (χ4n) is 3.56. The van der Waals surface area contributed by atoms with Gasteiger partial charge in [-0.1, -0.05) is 0 Å². The van der Waals surface area contributed by atoms with Crippen LogP contribution in [0.2, 0.25) is 0 Å². The van der Waals surface area contributed by atoms with Gasteiger partial charge in [-0.05, 0) is 54.6 Å². The lowest BCUT2D eigenvalue weighted by atomic mass is 10.0. The average Bonchev–Trinajstić information content (AvgIpc) is 3.02. The Hall–Kier alpha value is -2.58. The minimum atomic E-state index is -1.22. The molecule has 8 heteroatoms. The number of β-amino-alcohol motifs (C(OH)–C–C–N with tert-alkyl or cyclic N) is 1. The molecule has 1 atom stereocenters. The van der Waals surface area contributed by atoms with Crippen molar-refractivity contribution in [3.63, 3.8) is 0 Å². The highest BCUT2D eigenvalue weighted by atomic mass is 32.2. The van der Waals surface area contributed by atoms with Crippen molar-refractivity contribution < 1.29 is 19.3 Å². The van der Waals surface area contributed by atoms with E-state index >= 15 is 0 Å². The Kier molecular flexibility index (Phi) is 4.53. The first-order valence-electron chi connectivity index (χ1n) is 8.69. The van der Waals surface area contributed by atoms with Crippen LogP contribution in [0.1, 0.15) is 12.0 Å². The minimum absolute atomic E-state index is 0.0181. The number of hydrogen-bond donors (Lipinski definition) is 1. The number of amidine groups is 1. The molecule has 27 heavy (non-hydrogen) atoms. The van der Waals surface area contributed by atoms with E-state index in [0.29, 0.717) is 12.1 Å². The molecule has 7 nitrogen and oxygen atoms in total. The van der Waals surface area contributed by atoms with Crippen LogP contribution in [-0.4, -0.2) is 45.7 Å². The second-order valence-electron chi connectivity index (χ2n) is 6.54. The lowest BCUT2D eigenvalue weighted by Gasteiger charge is -2.24. The van der Waals surface area contributed by atoms with Crippen LogP contribution in [0.4, 0.5) is 11.4 Å². The summed E-state index contributed by atoms with van der Waals surface area (Å²) in [4.78, 5) is 12.6. The first kappa shape index (κ1) is 17.8. The fraction of sp³-hybridized carbons (Fsp3) is 0.316. The first-order chi connectivity index (χ1) is 13.0. The van der Waals surface area contributed by atoms with Crippen molar-refractivity contribution >= 4 is 28.3 Å². The van der Waals surface area contributed by atoms with E-state index in [4.69, 9.17) is 4.74 Å². The highest BCUT2D eigenvalue weighted by molar-refractivity contribution is 8.13.